The predicted molar refractivity (Wildman–Crippen MR) is 38.0 cm³/mol. The summed E-state index contributed by atoms with van der Waals surface area (Å²) in [5, 5.41) is 0. The van der Waals surface area contributed by atoms with Crippen LogP contribution in [0.4, 0.5) is 4.39 Å². The first-order chi connectivity index (χ1) is 5.67. The van der Waals surface area contributed by atoms with E-state index < -0.39 is 17.2 Å². The van der Waals surface area contributed by atoms with E-state index in [9.17, 15) is 12.8 Å². The zero-order valence-electron chi connectivity index (χ0n) is 6.05. The van der Waals surface area contributed by atoms with Gasteiger partial charge in [0.1, 0.15) is 0 Å². The van der Waals surface area contributed by atoms with Crippen LogP contribution in [0.1, 0.15) is 0 Å². The highest BCUT2D eigenvalue weighted by molar-refractivity contribution is 7.80. The van der Waals surface area contributed by atoms with E-state index in [4.69, 9.17) is 0 Å². The highest BCUT2D eigenvalue weighted by atomic mass is 32.2. The predicted octanol–water partition coefficient (Wildman–Crippen LogP) is 0.0106. The van der Waals surface area contributed by atoms with Crippen LogP contribution in [-0.2, 0) is 14.5 Å². The zero-order valence-corrected chi connectivity index (χ0v) is 6.87. The SMILES string of the molecule is O=S(=O)(OCF)[n+]1ccccc1. The van der Waals surface area contributed by atoms with Crippen molar-refractivity contribution in [3.8, 4) is 0 Å². The largest absolute Gasteiger partial charge is 0.516 e. The molecule has 0 saturated heterocycles. The molecule has 0 fully saturated rings. The second kappa shape index (κ2) is 3.59. The average molecular weight is 192 g/mol. The lowest BCUT2D eigenvalue weighted by Gasteiger charge is -1.93. The topological polar surface area (TPSA) is 47.3 Å². The van der Waals surface area contributed by atoms with Crippen molar-refractivity contribution in [2.45, 2.75) is 0 Å². The number of rotatable bonds is 3. The number of halogens is 1. The molecule has 0 saturated carbocycles. The number of hydrogen-bond acceptors (Lipinski definition) is 3. The monoisotopic (exact) mass is 192 g/mol. The van der Waals surface area contributed by atoms with Crippen molar-refractivity contribution in [1.82, 2.24) is 0 Å². The van der Waals surface area contributed by atoms with Crippen molar-refractivity contribution in [3.05, 3.63) is 30.6 Å². The van der Waals surface area contributed by atoms with Crippen molar-refractivity contribution >= 4 is 10.3 Å². The van der Waals surface area contributed by atoms with E-state index in [1.165, 1.54) is 24.5 Å². The maximum atomic E-state index is 11.6. The first kappa shape index (κ1) is 9.08. The first-order valence-corrected chi connectivity index (χ1v) is 4.45. The van der Waals surface area contributed by atoms with Crippen molar-refractivity contribution in [2.24, 2.45) is 0 Å². The van der Waals surface area contributed by atoms with Crippen LogP contribution in [0, 0.1) is 0 Å². The van der Waals surface area contributed by atoms with E-state index in [0.717, 1.165) is 3.97 Å². The van der Waals surface area contributed by atoms with Gasteiger partial charge in [-0.15, -0.1) is 8.42 Å². The standard InChI is InChI=1S/C6H7FNO3S/c7-6-11-12(9,10)8-4-2-1-3-5-8/h1-5H,6H2/q+1. The molecule has 1 aromatic heterocycles. The molecule has 0 aromatic carbocycles. The summed E-state index contributed by atoms with van der Waals surface area (Å²) in [5.41, 5.74) is 0. The molecule has 0 radical (unpaired) electrons. The molecule has 66 valence electrons. The maximum absolute atomic E-state index is 11.6. The Balaban J connectivity index is 2.99. The van der Waals surface area contributed by atoms with E-state index in [0.29, 0.717) is 0 Å². The van der Waals surface area contributed by atoms with Gasteiger partial charge in [0.2, 0.25) is 6.86 Å². The maximum Gasteiger partial charge on any atom is 0.516 e. The van der Waals surface area contributed by atoms with E-state index in [2.05, 4.69) is 4.18 Å². The van der Waals surface area contributed by atoms with Gasteiger partial charge < -0.3 is 0 Å². The Kier molecular flexibility index (Phi) is 2.72. The van der Waals surface area contributed by atoms with Gasteiger partial charge in [0.15, 0.2) is 12.4 Å². The van der Waals surface area contributed by atoms with Gasteiger partial charge in [-0.2, -0.15) is 4.18 Å². The number of nitrogens with zero attached hydrogens (tertiary/aromatic N) is 1. The van der Waals surface area contributed by atoms with Gasteiger partial charge in [-0.1, -0.05) is 10.0 Å². The van der Waals surface area contributed by atoms with Gasteiger partial charge in [0.25, 0.3) is 0 Å². The summed E-state index contributed by atoms with van der Waals surface area (Å²) >= 11 is 0. The second-order valence-electron chi connectivity index (χ2n) is 1.89. The smallest absolute Gasteiger partial charge is 0.218 e. The van der Waals surface area contributed by atoms with Crippen molar-refractivity contribution in [1.29, 1.82) is 0 Å². The average Bonchev–Trinajstić information content (AvgIpc) is 2.06. The molecule has 0 unspecified atom stereocenters. The summed E-state index contributed by atoms with van der Waals surface area (Å²) in [6, 6.07) is 4.64. The fourth-order valence-electron chi connectivity index (χ4n) is 0.649. The molecule has 12 heavy (non-hydrogen) atoms. The van der Waals surface area contributed by atoms with Crippen LogP contribution in [0.2, 0.25) is 0 Å². The van der Waals surface area contributed by atoms with E-state index >= 15 is 0 Å². The number of hydrogen-bond donors (Lipinski definition) is 0. The molecule has 0 bridgehead atoms. The molecule has 0 aliphatic rings. The normalized spacial score (nSPS) is 11.4. The molecular formula is C6H7FNO3S+. The van der Waals surface area contributed by atoms with Crippen LogP contribution in [0.25, 0.3) is 0 Å². The molecule has 1 aromatic rings. The number of aromatic nitrogens is 1. The lowest BCUT2D eigenvalue weighted by atomic mass is 10.5. The van der Waals surface area contributed by atoms with Crippen molar-refractivity contribution in [3.63, 3.8) is 0 Å². The highest BCUT2D eigenvalue weighted by Crippen LogP contribution is 1.88. The molecule has 0 aliphatic heterocycles. The Morgan fingerprint density at radius 2 is 1.83 bits per heavy atom. The minimum absolute atomic E-state index is 0.784. The van der Waals surface area contributed by atoms with E-state index in [-0.39, 0.29) is 0 Å². The Labute approximate surface area is 69.5 Å². The van der Waals surface area contributed by atoms with Gasteiger partial charge >= 0.3 is 10.3 Å². The molecule has 4 nitrogen and oxygen atoms in total. The van der Waals surface area contributed by atoms with Gasteiger partial charge in [-0.25, -0.2) is 4.39 Å². The molecular weight excluding hydrogens is 185 g/mol. The van der Waals surface area contributed by atoms with Gasteiger partial charge in [0.05, 0.1) is 0 Å². The lowest BCUT2D eigenvalue weighted by molar-refractivity contribution is -0.520. The quantitative estimate of drug-likeness (QED) is 0.634. The third-order valence-corrected chi connectivity index (χ3v) is 2.29. The summed E-state index contributed by atoms with van der Waals surface area (Å²) < 4.78 is 38.1. The third kappa shape index (κ3) is 1.99. The second-order valence-corrected chi connectivity index (χ2v) is 3.40. The molecule has 0 spiro atoms. The Bertz CT molecular complexity index is 337. The van der Waals surface area contributed by atoms with Crippen LogP contribution in [0.3, 0.4) is 0 Å². The number of alkyl halides is 1. The van der Waals surface area contributed by atoms with Gasteiger partial charge in [0, 0.05) is 12.1 Å². The fraction of sp³-hybridized carbons (Fsp3) is 0.167. The molecule has 0 atom stereocenters. The Morgan fingerprint density at radius 3 is 2.33 bits per heavy atom. The molecule has 6 heteroatoms. The van der Waals surface area contributed by atoms with Crippen molar-refractivity contribution in [2.75, 3.05) is 6.86 Å². The summed E-state index contributed by atoms with van der Waals surface area (Å²) in [6.07, 6.45) is 2.51. The lowest BCUT2D eigenvalue weighted by Crippen LogP contribution is -2.42. The minimum Gasteiger partial charge on any atom is -0.218 e. The molecule has 1 heterocycles. The number of pyridine rings is 1. The zero-order chi connectivity index (χ0) is 9.03. The van der Waals surface area contributed by atoms with Gasteiger partial charge in [-0.05, 0) is 0 Å². The van der Waals surface area contributed by atoms with Gasteiger partial charge in [-0.3, -0.25) is 0 Å². The fourth-order valence-corrected chi connectivity index (χ4v) is 1.32. The highest BCUT2D eigenvalue weighted by Gasteiger charge is 2.21. The summed E-state index contributed by atoms with van der Waals surface area (Å²) in [4.78, 5) is 0. The van der Waals surface area contributed by atoms with E-state index in [1.54, 1.807) is 6.07 Å². The summed E-state index contributed by atoms with van der Waals surface area (Å²) in [5.74, 6) is 0. The summed E-state index contributed by atoms with van der Waals surface area (Å²) in [6.45, 7) is -1.36. The van der Waals surface area contributed by atoms with Crippen molar-refractivity contribution < 1.29 is 21.0 Å². The third-order valence-electron chi connectivity index (χ3n) is 1.14. The van der Waals surface area contributed by atoms with Crippen LogP contribution >= 0.6 is 0 Å². The van der Waals surface area contributed by atoms with Crippen LogP contribution in [-0.4, -0.2) is 15.3 Å². The minimum atomic E-state index is -3.97. The molecule has 0 N–H and O–H groups in total. The van der Waals surface area contributed by atoms with Crippen LogP contribution in [0.5, 0.6) is 0 Å². The van der Waals surface area contributed by atoms with Crippen LogP contribution < -0.4 is 3.97 Å². The van der Waals surface area contributed by atoms with E-state index in [1.807, 2.05) is 0 Å². The molecule has 1 rings (SSSR count). The molecule has 0 aliphatic carbocycles. The Hall–Kier alpha value is -1.01. The van der Waals surface area contributed by atoms with Crippen LogP contribution in [0.15, 0.2) is 30.6 Å². The first-order valence-electron chi connectivity index (χ1n) is 3.09. The summed E-state index contributed by atoms with van der Waals surface area (Å²) in [7, 11) is -3.97. The Morgan fingerprint density at radius 1 is 1.25 bits per heavy atom. The molecule has 0 amide bonds.